The first-order chi connectivity index (χ1) is 15.5. The van der Waals surface area contributed by atoms with Gasteiger partial charge in [0.1, 0.15) is 11.6 Å². The Morgan fingerprint density at radius 2 is 1.59 bits per heavy atom. The minimum atomic E-state index is 0.516. The molecule has 8 nitrogen and oxygen atoms in total. The molecule has 0 aliphatic carbocycles. The molecule has 0 unspecified atom stereocenters. The molecule has 164 valence electrons. The van der Waals surface area contributed by atoms with Gasteiger partial charge in [0, 0.05) is 49.2 Å². The lowest BCUT2D eigenvalue weighted by Gasteiger charge is -2.34. The van der Waals surface area contributed by atoms with Gasteiger partial charge in [-0.15, -0.1) is 0 Å². The summed E-state index contributed by atoms with van der Waals surface area (Å²) < 4.78 is 7.02. The van der Waals surface area contributed by atoms with Gasteiger partial charge < -0.3 is 26.0 Å². The van der Waals surface area contributed by atoms with Crippen LogP contribution in [0, 0.1) is 0 Å². The van der Waals surface area contributed by atoms with Crippen LogP contribution in [0.25, 0.3) is 27.9 Å². The summed E-state index contributed by atoms with van der Waals surface area (Å²) in [5.41, 5.74) is 18.6. The summed E-state index contributed by atoms with van der Waals surface area (Å²) in [5.74, 6) is 1.12. The normalized spacial score (nSPS) is 14.8. The number of hydrogen-bond acceptors (Lipinski definition) is 7. The summed E-state index contributed by atoms with van der Waals surface area (Å²) in [5, 5.41) is 4.52. The van der Waals surface area contributed by atoms with Gasteiger partial charge in [-0.05, 0) is 42.4 Å². The van der Waals surface area contributed by atoms with E-state index < -0.39 is 0 Å². The van der Waals surface area contributed by atoms with Crippen LogP contribution >= 0.6 is 0 Å². The van der Waals surface area contributed by atoms with Gasteiger partial charge in [-0.25, -0.2) is 4.98 Å². The van der Waals surface area contributed by atoms with Gasteiger partial charge in [0.15, 0.2) is 5.65 Å². The Kier molecular flexibility index (Phi) is 5.07. The predicted octanol–water partition coefficient (Wildman–Crippen LogP) is 2.99. The monoisotopic (exact) mass is 429 g/mol. The average Bonchev–Trinajstić information content (AvgIpc) is 3.26. The van der Waals surface area contributed by atoms with Crippen molar-refractivity contribution >= 4 is 22.8 Å². The van der Waals surface area contributed by atoms with Crippen molar-refractivity contribution in [2.24, 2.45) is 0 Å². The lowest BCUT2D eigenvalue weighted by atomic mass is 10.1. The van der Waals surface area contributed by atoms with Gasteiger partial charge in [-0.2, -0.15) is 9.61 Å². The topological polar surface area (TPSA) is 97.9 Å². The molecule has 8 heteroatoms. The Morgan fingerprint density at radius 1 is 0.875 bits per heavy atom. The molecule has 2 aromatic heterocycles. The molecule has 4 aromatic rings. The van der Waals surface area contributed by atoms with E-state index in [0.29, 0.717) is 17.3 Å². The molecule has 1 aliphatic heterocycles. The predicted molar refractivity (Wildman–Crippen MR) is 129 cm³/mol. The van der Waals surface area contributed by atoms with Crippen LogP contribution in [-0.4, -0.2) is 59.8 Å². The maximum atomic E-state index is 6.48. The fraction of sp³-hybridized carbons (Fsp3) is 0.250. The summed E-state index contributed by atoms with van der Waals surface area (Å²) in [6.07, 6.45) is 3.59. The summed E-state index contributed by atoms with van der Waals surface area (Å²) >= 11 is 0. The number of ether oxygens (including phenoxy) is 1. The highest BCUT2D eigenvalue weighted by atomic mass is 16.5. The molecule has 1 fully saturated rings. The fourth-order valence-corrected chi connectivity index (χ4v) is 4.17. The minimum Gasteiger partial charge on any atom is -0.495 e. The number of anilines is 3. The Hall–Kier alpha value is -3.78. The van der Waals surface area contributed by atoms with Gasteiger partial charge in [-0.1, -0.05) is 18.2 Å². The molecule has 0 amide bonds. The maximum Gasteiger partial charge on any atom is 0.165 e. The summed E-state index contributed by atoms with van der Waals surface area (Å²) in [6, 6.07) is 14.1. The van der Waals surface area contributed by atoms with Crippen LogP contribution in [0.4, 0.5) is 17.2 Å². The van der Waals surface area contributed by atoms with Crippen molar-refractivity contribution in [3.05, 3.63) is 54.9 Å². The van der Waals surface area contributed by atoms with Crippen molar-refractivity contribution < 1.29 is 4.74 Å². The zero-order valence-corrected chi connectivity index (χ0v) is 18.3. The number of likely N-dealkylation sites (N-methyl/N-ethyl adjacent to an activating group) is 1. The van der Waals surface area contributed by atoms with Crippen LogP contribution in [0.3, 0.4) is 0 Å². The largest absolute Gasteiger partial charge is 0.495 e. The third-order valence-electron chi connectivity index (χ3n) is 6.16. The van der Waals surface area contributed by atoms with Gasteiger partial charge in [0.25, 0.3) is 0 Å². The van der Waals surface area contributed by atoms with E-state index in [1.807, 2.05) is 18.3 Å². The van der Waals surface area contributed by atoms with Crippen LogP contribution < -0.4 is 21.1 Å². The molecule has 1 aliphatic rings. The summed E-state index contributed by atoms with van der Waals surface area (Å²) in [7, 11) is 3.76. The molecule has 4 N–H and O–H groups in total. The van der Waals surface area contributed by atoms with Gasteiger partial charge in [0.05, 0.1) is 19.0 Å². The van der Waals surface area contributed by atoms with E-state index in [4.69, 9.17) is 16.2 Å². The van der Waals surface area contributed by atoms with Crippen molar-refractivity contribution in [1.82, 2.24) is 19.5 Å². The minimum absolute atomic E-state index is 0.516. The lowest BCUT2D eigenvalue weighted by molar-refractivity contribution is 0.313. The standard InChI is InChI=1S/C24H27N7O/c1-29-9-11-30(12-10-29)18-6-3-16(4-7-18)20-15-28-31-23(26)19(14-27-24(20)31)17-5-8-21(25)22(13-17)32-2/h3-8,13-15H,9-12,25-26H2,1-2H3. The molecule has 2 aromatic carbocycles. The molecule has 0 bridgehead atoms. The number of benzene rings is 2. The van der Waals surface area contributed by atoms with E-state index in [-0.39, 0.29) is 0 Å². The summed E-state index contributed by atoms with van der Waals surface area (Å²) in [6.45, 7) is 4.26. The van der Waals surface area contributed by atoms with Crippen molar-refractivity contribution in [3.8, 4) is 28.0 Å². The molecule has 0 atom stereocenters. The SMILES string of the molecule is COc1cc(-c2cnc3c(-c4ccc(N5CCN(C)CC5)cc4)cnn3c2N)ccc1N. The van der Waals surface area contributed by atoms with Crippen molar-refractivity contribution in [2.75, 3.05) is 56.7 Å². The summed E-state index contributed by atoms with van der Waals surface area (Å²) in [4.78, 5) is 9.46. The average molecular weight is 430 g/mol. The number of fused-ring (bicyclic) bond motifs is 1. The number of rotatable bonds is 4. The first-order valence-corrected chi connectivity index (χ1v) is 10.6. The molecule has 32 heavy (non-hydrogen) atoms. The molecule has 0 spiro atoms. The molecule has 0 radical (unpaired) electrons. The highest BCUT2D eigenvalue weighted by molar-refractivity contribution is 5.83. The number of piperazine rings is 1. The Balaban J connectivity index is 1.47. The van der Waals surface area contributed by atoms with Crippen LogP contribution in [0.15, 0.2) is 54.9 Å². The highest BCUT2D eigenvalue weighted by Crippen LogP contribution is 2.34. The number of nitrogens with two attached hydrogens (primary N) is 2. The first-order valence-electron chi connectivity index (χ1n) is 10.6. The molecule has 5 rings (SSSR count). The third-order valence-corrected chi connectivity index (χ3v) is 6.16. The Morgan fingerprint density at radius 3 is 2.31 bits per heavy atom. The Bertz CT molecular complexity index is 1260. The smallest absolute Gasteiger partial charge is 0.165 e. The second-order valence-electron chi connectivity index (χ2n) is 8.14. The van der Waals surface area contributed by atoms with E-state index in [0.717, 1.165) is 54.1 Å². The second-order valence-corrected chi connectivity index (χ2v) is 8.14. The van der Waals surface area contributed by atoms with Crippen LogP contribution in [0.5, 0.6) is 5.75 Å². The first kappa shape index (κ1) is 20.1. The van der Waals surface area contributed by atoms with Crippen molar-refractivity contribution in [2.45, 2.75) is 0 Å². The molecule has 3 heterocycles. The quantitative estimate of drug-likeness (QED) is 0.481. The molecular formula is C24H27N7O. The zero-order valence-electron chi connectivity index (χ0n) is 18.3. The lowest BCUT2D eigenvalue weighted by Crippen LogP contribution is -2.44. The molecule has 1 saturated heterocycles. The van der Waals surface area contributed by atoms with E-state index in [9.17, 15) is 0 Å². The zero-order chi connectivity index (χ0) is 22.2. The van der Waals surface area contributed by atoms with E-state index in [2.05, 4.69) is 51.2 Å². The number of nitrogen functional groups attached to an aromatic ring is 2. The number of nitrogens with zero attached hydrogens (tertiary/aromatic N) is 5. The van der Waals surface area contributed by atoms with E-state index in [1.165, 1.54) is 5.69 Å². The Labute approximate surface area is 187 Å². The third kappa shape index (κ3) is 3.48. The van der Waals surface area contributed by atoms with Gasteiger partial charge in [0.2, 0.25) is 0 Å². The van der Waals surface area contributed by atoms with Crippen LogP contribution in [0.2, 0.25) is 0 Å². The fourth-order valence-electron chi connectivity index (χ4n) is 4.17. The van der Waals surface area contributed by atoms with E-state index in [1.54, 1.807) is 23.9 Å². The van der Waals surface area contributed by atoms with Crippen molar-refractivity contribution in [3.63, 3.8) is 0 Å². The molecular weight excluding hydrogens is 402 g/mol. The number of methoxy groups -OCH3 is 1. The number of hydrogen-bond donors (Lipinski definition) is 2. The van der Waals surface area contributed by atoms with Gasteiger partial charge in [-0.3, -0.25) is 0 Å². The highest BCUT2D eigenvalue weighted by Gasteiger charge is 2.17. The van der Waals surface area contributed by atoms with Crippen molar-refractivity contribution in [1.29, 1.82) is 0 Å². The van der Waals surface area contributed by atoms with E-state index >= 15 is 0 Å². The maximum absolute atomic E-state index is 6.48. The van der Waals surface area contributed by atoms with Crippen LogP contribution in [0.1, 0.15) is 0 Å². The van der Waals surface area contributed by atoms with Crippen LogP contribution in [-0.2, 0) is 0 Å². The number of aromatic nitrogens is 3. The second kappa shape index (κ2) is 8.05. The van der Waals surface area contributed by atoms with Gasteiger partial charge >= 0.3 is 0 Å². The molecule has 0 saturated carbocycles.